The number of hydrogen-bond acceptors (Lipinski definition) is 3. The molecule has 1 N–H and O–H groups in total. The van der Waals surface area contributed by atoms with Gasteiger partial charge in [-0.2, -0.15) is 0 Å². The highest BCUT2D eigenvalue weighted by atomic mass is 16.5. The number of ether oxygens (including phenoxy) is 1. The summed E-state index contributed by atoms with van der Waals surface area (Å²) < 4.78 is 8.00. The molecule has 1 heterocycles. The Kier molecular flexibility index (Phi) is 5.81. The van der Waals surface area contributed by atoms with E-state index in [1.54, 1.807) is 0 Å². The zero-order valence-electron chi connectivity index (χ0n) is 18.9. The molecule has 0 spiro atoms. The van der Waals surface area contributed by atoms with Crippen LogP contribution in [0.15, 0.2) is 103 Å². The van der Waals surface area contributed by atoms with Crippen LogP contribution in [0.5, 0.6) is 11.5 Å². The minimum absolute atomic E-state index is 0.553. The summed E-state index contributed by atoms with van der Waals surface area (Å²) in [4.78, 5) is 4.62. The van der Waals surface area contributed by atoms with Crippen molar-refractivity contribution in [1.29, 1.82) is 0 Å². The van der Waals surface area contributed by atoms with E-state index in [-0.39, 0.29) is 0 Å². The van der Waals surface area contributed by atoms with E-state index in [9.17, 15) is 0 Å². The largest absolute Gasteiger partial charge is 0.457 e. The second-order valence-corrected chi connectivity index (χ2v) is 8.48. The maximum absolute atomic E-state index is 5.90. The fraction of sp³-hybridized carbons (Fsp3) is 0.138. The second-order valence-electron chi connectivity index (χ2n) is 8.48. The number of hydrogen-bond donors (Lipinski definition) is 1. The summed E-state index contributed by atoms with van der Waals surface area (Å²) in [5.74, 6) is 2.19. The zero-order chi connectivity index (χ0) is 22.6. The van der Waals surface area contributed by atoms with Gasteiger partial charge in [-0.15, -0.1) is 0 Å². The molecule has 0 amide bonds. The van der Waals surface area contributed by atoms with Crippen molar-refractivity contribution in [2.75, 3.05) is 5.32 Å². The van der Waals surface area contributed by atoms with Crippen molar-refractivity contribution in [1.82, 2.24) is 9.55 Å². The second kappa shape index (κ2) is 9.21. The summed E-state index contributed by atoms with van der Waals surface area (Å²) >= 11 is 0. The molecule has 0 aliphatic rings. The van der Waals surface area contributed by atoms with E-state index in [0.717, 1.165) is 40.5 Å². The SMILES string of the molecule is CC(C)c1ccc(CNc2ccc3c(c2)ncn3-c2ccc(Oc3ccccc3)cc2)cc1. The van der Waals surface area contributed by atoms with Crippen molar-refractivity contribution >= 4 is 16.7 Å². The molecule has 0 aliphatic heterocycles. The predicted octanol–water partition coefficient (Wildman–Crippen LogP) is 7.55. The Bertz CT molecular complexity index is 1340. The molecular weight excluding hydrogens is 406 g/mol. The van der Waals surface area contributed by atoms with Crippen molar-refractivity contribution < 1.29 is 4.74 Å². The molecule has 164 valence electrons. The molecule has 33 heavy (non-hydrogen) atoms. The van der Waals surface area contributed by atoms with Crippen molar-refractivity contribution in [3.8, 4) is 17.2 Å². The molecule has 4 heteroatoms. The molecule has 0 unspecified atom stereocenters. The highest BCUT2D eigenvalue weighted by Crippen LogP contribution is 2.26. The molecule has 1 aromatic heterocycles. The summed E-state index contributed by atoms with van der Waals surface area (Å²) in [6.07, 6.45) is 1.87. The fourth-order valence-electron chi connectivity index (χ4n) is 3.85. The lowest BCUT2D eigenvalue weighted by atomic mass is 10.0. The van der Waals surface area contributed by atoms with Gasteiger partial charge in [0.1, 0.15) is 17.8 Å². The Morgan fingerprint density at radius 3 is 2.27 bits per heavy atom. The van der Waals surface area contributed by atoms with E-state index in [4.69, 9.17) is 4.74 Å². The first-order valence-electron chi connectivity index (χ1n) is 11.3. The number of para-hydroxylation sites is 1. The number of nitrogens with one attached hydrogen (secondary N) is 1. The summed E-state index contributed by atoms with van der Waals surface area (Å²) in [6, 6.07) is 33.0. The summed E-state index contributed by atoms with van der Waals surface area (Å²) in [5, 5.41) is 3.52. The molecular formula is C29H27N3O. The van der Waals surface area contributed by atoms with Crippen molar-refractivity contribution in [2.24, 2.45) is 0 Å². The van der Waals surface area contributed by atoms with Gasteiger partial charge in [-0.3, -0.25) is 4.57 Å². The van der Waals surface area contributed by atoms with E-state index in [1.165, 1.54) is 11.1 Å². The van der Waals surface area contributed by atoms with Crippen LogP contribution < -0.4 is 10.1 Å². The Balaban J connectivity index is 1.29. The van der Waals surface area contributed by atoms with Crippen LogP contribution in [0.3, 0.4) is 0 Å². The first-order chi connectivity index (χ1) is 16.2. The monoisotopic (exact) mass is 433 g/mol. The standard InChI is InChI=1S/C29H27N3O/c1-21(2)23-10-8-22(9-11-23)19-30-24-12-17-29-28(18-24)31-20-32(29)25-13-15-27(16-14-25)33-26-6-4-3-5-7-26/h3-18,20-21,30H,19H2,1-2H3. The number of anilines is 1. The van der Waals surface area contributed by atoms with Gasteiger partial charge >= 0.3 is 0 Å². The average molecular weight is 434 g/mol. The minimum Gasteiger partial charge on any atom is -0.457 e. The smallest absolute Gasteiger partial charge is 0.127 e. The van der Waals surface area contributed by atoms with Gasteiger partial charge < -0.3 is 10.1 Å². The Hall–Kier alpha value is -4.05. The van der Waals surface area contributed by atoms with Crippen LogP contribution in [0.2, 0.25) is 0 Å². The Labute approximate surface area is 194 Å². The molecule has 0 saturated carbocycles. The van der Waals surface area contributed by atoms with Crippen molar-refractivity contribution in [2.45, 2.75) is 26.3 Å². The molecule has 4 aromatic carbocycles. The van der Waals surface area contributed by atoms with Crippen LogP contribution in [0.25, 0.3) is 16.7 Å². The van der Waals surface area contributed by atoms with Gasteiger partial charge in [-0.25, -0.2) is 4.98 Å². The molecule has 5 rings (SSSR count). The minimum atomic E-state index is 0.553. The summed E-state index contributed by atoms with van der Waals surface area (Å²) in [5.41, 5.74) is 6.77. The van der Waals surface area contributed by atoms with E-state index >= 15 is 0 Å². The maximum atomic E-state index is 5.90. The number of aromatic nitrogens is 2. The highest BCUT2D eigenvalue weighted by Gasteiger charge is 2.07. The first kappa shape index (κ1) is 20.8. The number of nitrogens with zero attached hydrogens (tertiary/aromatic N) is 2. The molecule has 0 radical (unpaired) electrons. The van der Waals surface area contributed by atoms with Crippen molar-refractivity contribution in [3.63, 3.8) is 0 Å². The lowest BCUT2D eigenvalue weighted by molar-refractivity contribution is 0.482. The third-order valence-electron chi connectivity index (χ3n) is 5.78. The van der Waals surface area contributed by atoms with E-state index in [2.05, 4.69) is 71.2 Å². The fourth-order valence-corrected chi connectivity index (χ4v) is 3.85. The quantitative estimate of drug-likeness (QED) is 0.288. The Morgan fingerprint density at radius 2 is 1.55 bits per heavy atom. The third-order valence-corrected chi connectivity index (χ3v) is 5.78. The van der Waals surface area contributed by atoms with Crippen LogP contribution in [0.1, 0.15) is 30.9 Å². The molecule has 5 aromatic rings. The molecule has 0 bridgehead atoms. The molecule has 0 saturated heterocycles. The van der Waals surface area contributed by atoms with Crippen LogP contribution in [0.4, 0.5) is 5.69 Å². The van der Waals surface area contributed by atoms with Gasteiger partial charge in [0.25, 0.3) is 0 Å². The molecule has 0 aliphatic carbocycles. The average Bonchev–Trinajstić information content (AvgIpc) is 3.27. The van der Waals surface area contributed by atoms with Gasteiger partial charge in [0, 0.05) is 17.9 Å². The van der Waals surface area contributed by atoms with E-state index in [1.807, 2.05) is 60.9 Å². The molecule has 0 atom stereocenters. The van der Waals surface area contributed by atoms with Crippen LogP contribution in [0, 0.1) is 0 Å². The number of rotatable bonds is 7. The van der Waals surface area contributed by atoms with Crippen LogP contribution in [-0.2, 0) is 6.54 Å². The number of benzene rings is 4. The van der Waals surface area contributed by atoms with Crippen LogP contribution >= 0.6 is 0 Å². The first-order valence-corrected chi connectivity index (χ1v) is 11.3. The summed E-state index contributed by atoms with van der Waals surface area (Å²) in [7, 11) is 0. The number of imidazole rings is 1. The third kappa shape index (κ3) is 4.75. The van der Waals surface area contributed by atoms with Crippen LogP contribution in [-0.4, -0.2) is 9.55 Å². The number of fused-ring (bicyclic) bond motifs is 1. The normalized spacial score (nSPS) is 11.1. The van der Waals surface area contributed by atoms with Gasteiger partial charge in [0.2, 0.25) is 0 Å². The maximum Gasteiger partial charge on any atom is 0.127 e. The molecule has 4 nitrogen and oxygen atoms in total. The van der Waals surface area contributed by atoms with E-state index < -0.39 is 0 Å². The highest BCUT2D eigenvalue weighted by molar-refractivity contribution is 5.81. The van der Waals surface area contributed by atoms with Gasteiger partial charge in [0.05, 0.1) is 11.0 Å². The van der Waals surface area contributed by atoms with Crippen molar-refractivity contribution in [3.05, 3.63) is 115 Å². The zero-order valence-corrected chi connectivity index (χ0v) is 18.9. The molecule has 0 fully saturated rings. The van der Waals surface area contributed by atoms with E-state index in [0.29, 0.717) is 5.92 Å². The van der Waals surface area contributed by atoms with Gasteiger partial charge in [0.15, 0.2) is 0 Å². The van der Waals surface area contributed by atoms with Gasteiger partial charge in [-0.1, -0.05) is 56.3 Å². The lowest BCUT2D eigenvalue weighted by Crippen LogP contribution is -2.00. The van der Waals surface area contributed by atoms with Gasteiger partial charge in [-0.05, 0) is 71.6 Å². The predicted molar refractivity (Wildman–Crippen MR) is 135 cm³/mol. The lowest BCUT2D eigenvalue weighted by Gasteiger charge is -2.10. The topological polar surface area (TPSA) is 39.1 Å². The Morgan fingerprint density at radius 1 is 0.818 bits per heavy atom. The summed E-state index contributed by atoms with van der Waals surface area (Å²) in [6.45, 7) is 5.22.